The molecule has 0 radical (unpaired) electrons. The minimum Gasteiger partial charge on any atom is -0.392 e. The number of aliphatic hydroxyl groups excluding tert-OH is 1. The van der Waals surface area contributed by atoms with Gasteiger partial charge in [0.25, 0.3) is 23.6 Å². The SMILES string of the molecule is C.O=C1NC(=O)c2ccccc21.O=C1c2ccccc2C(=O)N1Cc1cc(Br)cc(Cl)c1F.OCc1cc(Br)cc(Cl)c1F. The molecule has 2 aliphatic heterocycles. The number of carbonyl (C=O) groups excluding carboxylic acids is 4. The number of fused-ring (bicyclic) bond motifs is 2. The van der Waals surface area contributed by atoms with Gasteiger partial charge in [-0.1, -0.05) is 86.8 Å². The van der Waals surface area contributed by atoms with Gasteiger partial charge in [0.15, 0.2) is 0 Å². The molecule has 4 aromatic carbocycles. The minimum absolute atomic E-state index is 0. The first kappa shape index (κ1) is 35.0. The molecular weight excluding hydrogens is 749 g/mol. The summed E-state index contributed by atoms with van der Waals surface area (Å²) in [7, 11) is 0. The quantitative estimate of drug-likeness (QED) is 0.163. The summed E-state index contributed by atoms with van der Waals surface area (Å²) in [6, 6.07) is 19.1. The van der Waals surface area contributed by atoms with E-state index < -0.39 is 23.4 Å². The molecular formula is C31H22Br2Cl2F2N2O5. The van der Waals surface area contributed by atoms with E-state index in [0.717, 1.165) is 4.90 Å². The Labute approximate surface area is 278 Å². The van der Waals surface area contributed by atoms with Gasteiger partial charge < -0.3 is 5.11 Å². The van der Waals surface area contributed by atoms with Gasteiger partial charge in [0.05, 0.1) is 45.5 Å². The maximum atomic E-state index is 14.0. The van der Waals surface area contributed by atoms with Gasteiger partial charge >= 0.3 is 0 Å². The fourth-order valence-electron chi connectivity index (χ4n) is 4.12. The van der Waals surface area contributed by atoms with Crippen LogP contribution in [0.15, 0.2) is 81.7 Å². The standard InChI is InChI=1S/C15H8BrClFNO2.C8H5NO2.C7H5BrClFO.CH4/c16-9-5-8(13(18)12(17)6-9)7-19-14(20)10-3-1-2-4-11(10)15(19)21;10-7-5-3-1-2-4-6(5)8(11)9-7;8-5-1-4(3-11)7(10)6(9)2-5;/h1-6H,7H2;1-4H,(H,9,10,11);1-2,11H,3H2;1H4. The van der Waals surface area contributed by atoms with Crippen molar-refractivity contribution in [1.82, 2.24) is 10.2 Å². The number of rotatable bonds is 3. The molecule has 44 heavy (non-hydrogen) atoms. The summed E-state index contributed by atoms with van der Waals surface area (Å²) in [4.78, 5) is 47.4. The highest BCUT2D eigenvalue weighted by atomic mass is 79.9. The number of nitrogens with one attached hydrogen (secondary N) is 1. The molecule has 228 valence electrons. The second-order valence-electron chi connectivity index (χ2n) is 8.95. The minimum atomic E-state index is -0.628. The molecule has 0 bridgehead atoms. The summed E-state index contributed by atoms with van der Waals surface area (Å²) in [5.41, 5.74) is 2.00. The van der Waals surface area contributed by atoms with Crippen molar-refractivity contribution in [3.63, 3.8) is 0 Å². The van der Waals surface area contributed by atoms with Crippen LogP contribution in [0.4, 0.5) is 8.78 Å². The molecule has 7 nitrogen and oxygen atoms in total. The number of hydrogen-bond acceptors (Lipinski definition) is 5. The lowest BCUT2D eigenvalue weighted by Gasteiger charge is -2.15. The molecule has 0 saturated carbocycles. The van der Waals surface area contributed by atoms with Crippen LogP contribution in [0.3, 0.4) is 0 Å². The van der Waals surface area contributed by atoms with Gasteiger partial charge in [0, 0.05) is 20.1 Å². The Balaban J connectivity index is 0.000000195. The van der Waals surface area contributed by atoms with Gasteiger partial charge in [0.1, 0.15) is 11.6 Å². The highest BCUT2D eigenvalue weighted by molar-refractivity contribution is 9.10. The third kappa shape index (κ3) is 7.59. The smallest absolute Gasteiger partial charge is 0.261 e. The Morgan fingerprint density at radius 3 is 1.50 bits per heavy atom. The van der Waals surface area contributed by atoms with Crippen molar-refractivity contribution in [2.75, 3.05) is 0 Å². The van der Waals surface area contributed by atoms with Crippen LogP contribution in [0.1, 0.15) is 60.0 Å². The van der Waals surface area contributed by atoms with Crippen molar-refractivity contribution < 1.29 is 33.1 Å². The van der Waals surface area contributed by atoms with E-state index in [9.17, 15) is 28.0 Å². The van der Waals surface area contributed by atoms with E-state index in [2.05, 4.69) is 37.2 Å². The Bertz CT molecular complexity index is 1720. The maximum Gasteiger partial charge on any atom is 0.261 e. The zero-order valence-corrected chi connectivity index (χ0v) is 26.3. The second kappa shape index (κ2) is 15.0. The molecule has 0 aliphatic carbocycles. The third-order valence-electron chi connectivity index (χ3n) is 6.16. The Kier molecular flexibility index (Phi) is 11.9. The summed E-state index contributed by atoms with van der Waals surface area (Å²) < 4.78 is 28.1. The van der Waals surface area contributed by atoms with Crippen molar-refractivity contribution in [3.05, 3.63) is 137 Å². The third-order valence-corrected chi connectivity index (χ3v) is 7.62. The summed E-state index contributed by atoms with van der Waals surface area (Å²) in [6.07, 6.45) is 0. The van der Waals surface area contributed by atoms with Crippen molar-refractivity contribution in [1.29, 1.82) is 0 Å². The number of aliphatic hydroxyl groups is 1. The first-order chi connectivity index (χ1) is 20.4. The average Bonchev–Trinajstić information content (AvgIpc) is 3.41. The number of halogens is 6. The zero-order chi connectivity index (χ0) is 31.4. The first-order valence-corrected chi connectivity index (χ1v) is 14.5. The lowest BCUT2D eigenvalue weighted by atomic mass is 10.1. The van der Waals surface area contributed by atoms with Crippen LogP contribution in [0.5, 0.6) is 0 Å². The van der Waals surface area contributed by atoms with Crippen molar-refractivity contribution in [3.8, 4) is 0 Å². The average molecular weight is 771 g/mol. The van der Waals surface area contributed by atoms with E-state index in [1.165, 1.54) is 24.3 Å². The summed E-state index contributed by atoms with van der Waals surface area (Å²) in [5, 5.41) is 10.8. The van der Waals surface area contributed by atoms with Gasteiger partial charge in [-0.2, -0.15) is 0 Å². The van der Waals surface area contributed by atoms with Crippen molar-refractivity contribution >= 4 is 78.7 Å². The zero-order valence-electron chi connectivity index (χ0n) is 21.6. The Hall–Kier alpha value is -3.48. The number of amides is 4. The number of benzene rings is 4. The molecule has 0 unspecified atom stereocenters. The molecule has 0 atom stereocenters. The van der Waals surface area contributed by atoms with Crippen LogP contribution in [0.25, 0.3) is 0 Å². The lowest BCUT2D eigenvalue weighted by molar-refractivity contribution is 0.0640. The highest BCUT2D eigenvalue weighted by Crippen LogP contribution is 2.29. The van der Waals surface area contributed by atoms with Gasteiger partial charge in [-0.15, -0.1) is 0 Å². The molecule has 0 aromatic heterocycles. The maximum absolute atomic E-state index is 14.0. The molecule has 2 aliphatic rings. The number of nitrogens with zero attached hydrogens (tertiary/aromatic N) is 1. The Morgan fingerprint density at radius 2 is 1.07 bits per heavy atom. The normalized spacial score (nSPS) is 12.8. The van der Waals surface area contributed by atoms with Crippen LogP contribution >= 0.6 is 55.1 Å². The van der Waals surface area contributed by atoms with Crippen LogP contribution < -0.4 is 5.32 Å². The molecule has 13 heteroatoms. The topological polar surface area (TPSA) is 104 Å². The first-order valence-electron chi connectivity index (χ1n) is 12.2. The van der Waals surface area contributed by atoms with Crippen LogP contribution in [0, 0.1) is 11.6 Å². The fourth-order valence-corrected chi connectivity index (χ4v) is 5.87. The predicted molar refractivity (Wildman–Crippen MR) is 170 cm³/mol. The van der Waals surface area contributed by atoms with E-state index in [1.807, 2.05) is 0 Å². The molecule has 4 aromatic rings. The van der Waals surface area contributed by atoms with E-state index in [0.29, 0.717) is 31.2 Å². The molecule has 2 N–H and O–H groups in total. The van der Waals surface area contributed by atoms with Crippen LogP contribution in [-0.4, -0.2) is 33.6 Å². The van der Waals surface area contributed by atoms with Gasteiger partial charge in [-0.3, -0.25) is 29.4 Å². The molecule has 4 amide bonds. The van der Waals surface area contributed by atoms with Gasteiger partial charge in [-0.05, 0) is 48.5 Å². The molecule has 0 fully saturated rings. The van der Waals surface area contributed by atoms with Gasteiger partial charge in [-0.25, -0.2) is 8.78 Å². The van der Waals surface area contributed by atoms with Crippen LogP contribution in [0.2, 0.25) is 10.0 Å². The number of hydrogen-bond donors (Lipinski definition) is 2. The van der Waals surface area contributed by atoms with Crippen LogP contribution in [-0.2, 0) is 13.2 Å². The Morgan fingerprint density at radius 1 is 0.682 bits per heavy atom. The van der Waals surface area contributed by atoms with Crippen molar-refractivity contribution in [2.45, 2.75) is 20.6 Å². The van der Waals surface area contributed by atoms with E-state index in [-0.39, 0.29) is 53.6 Å². The molecule has 6 rings (SSSR count). The second-order valence-corrected chi connectivity index (χ2v) is 11.6. The van der Waals surface area contributed by atoms with Crippen molar-refractivity contribution in [2.24, 2.45) is 0 Å². The van der Waals surface area contributed by atoms with E-state index >= 15 is 0 Å². The number of carbonyl (C=O) groups is 4. The summed E-state index contributed by atoms with van der Waals surface area (Å²) >= 11 is 17.6. The predicted octanol–water partition coefficient (Wildman–Crippen LogP) is 7.98. The summed E-state index contributed by atoms with van der Waals surface area (Å²) in [6.45, 7) is -0.498. The van der Waals surface area contributed by atoms with E-state index in [4.69, 9.17) is 28.3 Å². The summed E-state index contributed by atoms with van der Waals surface area (Å²) in [5.74, 6) is -2.64. The fraction of sp³-hybridized carbons (Fsp3) is 0.0968. The monoisotopic (exact) mass is 768 g/mol. The van der Waals surface area contributed by atoms with E-state index in [1.54, 1.807) is 48.5 Å². The number of imide groups is 2. The molecule has 0 saturated heterocycles. The largest absolute Gasteiger partial charge is 0.392 e. The lowest BCUT2D eigenvalue weighted by Crippen LogP contribution is -2.29. The van der Waals surface area contributed by atoms with Gasteiger partial charge in [0.2, 0.25) is 0 Å². The molecule has 0 spiro atoms. The molecule has 2 heterocycles. The highest BCUT2D eigenvalue weighted by Gasteiger charge is 2.35.